The third-order valence-electron chi connectivity index (χ3n) is 5.53. The molecule has 138 valence electrons. The summed E-state index contributed by atoms with van der Waals surface area (Å²) in [6.45, 7) is 14.9. The monoisotopic (exact) mass is 454 g/mol. The summed E-state index contributed by atoms with van der Waals surface area (Å²) in [6, 6.07) is 0. The van der Waals surface area contributed by atoms with E-state index in [9.17, 15) is 0 Å². The van der Waals surface area contributed by atoms with Gasteiger partial charge in [0.1, 0.15) is 0 Å². The molecule has 0 spiro atoms. The van der Waals surface area contributed by atoms with E-state index >= 15 is 0 Å². The van der Waals surface area contributed by atoms with Crippen LogP contribution in [0.4, 0.5) is 0 Å². The first-order valence-corrected chi connectivity index (χ1v) is 24.3. The molecule has 0 aliphatic heterocycles. The van der Waals surface area contributed by atoms with Crippen LogP contribution in [0.2, 0.25) is 49.7 Å². The van der Waals surface area contributed by atoms with Gasteiger partial charge in [0, 0.05) is 0 Å². The molecule has 0 radical (unpaired) electrons. The Kier molecular flexibility index (Phi) is 7.78. The Morgan fingerprint density at radius 3 is 1.25 bits per heavy atom. The zero-order chi connectivity index (χ0) is 17.0. The quantitative estimate of drug-likeness (QED) is 0.434. The Hall–Kier alpha value is 0.905. The molecule has 0 atom stereocenters. The van der Waals surface area contributed by atoms with Crippen molar-refractivity contribution >= 4 is 48.6 Å². The van der Waals surface area contributed by atoms with Gasteiger partial charge in [-0.25, -0.2) is 0 Å². The van der Waals surface area contributed by atoms with Crippen molar-refractivity contribution in [3.05, 3.63) is 42.5 Å². The molecular weight excluding hydrogens is 419 g/mol. The van der Waals surface area contributed by atoms with Crippen molar-refractivity contribution in [2.75, 3.05) is 0 Å². The van der Waals surface area contributed by atoms with Crippen LogP contribution < -0.4 is 0 Å². The minimum Gasteiger partial charge on any atom is -0.147 e. The van der Waals surface area contributed by atoms with Crippen LogP contribution in [0, 0.1) is 0 Å². The van der Waals surface area contributed by atoms with Gasteiger partial charge in [0.05, 0.1) is 0 Å². The fourth-order valence-corrected chi connectivity index (χ4v) is 13.5. The molecule has 0 aromatic carbocycles. The zero-order valence-electron chi connectivity index (χ0n) is 16.7. The molecule has 6 heteroatoms. The molecule has 2 rings (SSSR count). The smallest absolute Gasteiger partial charge is 0.147 e. The normalized spacial score (nSPS) is 18.9. The Labute approximate surface area is 166 Å². The van der Waals surface area contributed by atoms with E-state index in [1.54, 1.807) is 10.4 Å². The Morgan fingerprint density at radius 2 is 1.04 bits per heavy atom. The maximum Gasteiger partial charge on any atom is -0.147 e. The van der Waals surface area contributed by atoms with Crippen molar-refractivity contribution in [2.24, 2.45) is 0 Å². The Balaban J connectivity index is 0.00000264. The largest absolute Gasteiger partial charge is 0.147 e. The van der Waals surface area contributed by atoms with Crippen molar-refractivity contribution in [3.8, 4) is 0 Å². The average molecular weight is 456 g/mol. The van der Waals surface area contributed by atoms with Gasteiger partial charge < -0.3 is 0 Å². The van der Waals surface area contributed by atoms with E-state index in [2.05, 4.69) is 81.7 Å². The zero-order valence-corrected chi connectivity index (χ0v) is 23.4. The molecule has 0 saturated carbocycles. The van der Waals surface area contributed by atoms with Gasteiger partial charge in [-0.2, -0.15) is 0 Å². The molecule has 0 aromatic rings. The molecule has 0 bridgehead atoms. The van der Waals surface area contributed by atoms with Crippen LogP contribution in [0.15, 0.2) is 42.5 Å². The van der Waals surface area contributed by atoms with E-state index in [1.165, 1.54) is 12.8 Å². The van der Waals surface area contributed by atoms with Crippen molar-refractivity contribution in [2.45, 2.75) is 62.6 Å². The molecule has 24 heavy (non-hydrogen) atoms. The van der Waals surface area contributed by atoms with Gasteiger partial charge in [0.2, 0.25) is 0 Å². The minimum absolute atomic E-state index is 0. The molecule has 0 nitrogen and oxygen atoms in total. The van der Waals surface area contributed by atoms with Gasteiger partial charge in [-0.3, -0.25) is 0 Å². The fourth-order valence-electron chi connectivity index (χ4n) is 3.42. The molecule has 0 unspecified atom stereocenters. The summed E-state index contributed by atoms with van der Waals surface area (Å²) in [4.78, 5) is 0. The van der Waals surface area contributed by atoms with Crippen molar-refractivity contribution in [3.63, 3.8) is 0 Å². The first kappa shape index (κ1) is 24.9. The second kappa shape index (κ2) is 7.50. The predicted octanol–water partition coefficient (Wildman–Crippen LogP) is 6.35. The summed E-state index contributed by atoms with van der Waals surface area (Å²) >= 11 is -2.65. The van der Waals surface area contributed by atoms with E-state index in [4.69, 9.17) is 0 Å². The van der Waals surface area contributed by atoms with Crippen molar-refractivity contribution in [1.29, 1.82) is 0 Å². The van der Waals surface area contributed by atoms with Crippen LogP contribution in [0.5, 0.6) is 0 Å². The van der Waals surface area contributed by atoms with Crippen LogP contribution in [-0.4, -0.2) is 23.8 Å². The Morgan fingerprint density at radius 1 is 0.750 bits per heavy atom. The predicted molar refractivity (Wildman–Crippen MR) is 123 cm³/mol. The number of hydrogen-bond donors (Lipinski definition) is 0. The van der Waals surface area contributed by atoms with Crippen LogP contribution in [0.1, 0.15) is 12.8 Å². The fraction of sp³-hybridized carbons (Fsp3) is 0.556. The summed E-state index contributed by atoms with van der Waals surface area (Å²) < 4.78 is 3.62. The summed E-state index contributed by atoms with van der Waals surface area (Å²) in [6.07, 6.45) is 12.8. The van der Waals surface area contributed by atoms with E-state index in [0.717, 1.165) is 0 Å². The SMILES string of the molecule is C[Si](C)(C)C1=CC[C]([Ti]([CH3])([CH3])(=[SiH2])[C]2=CC([Si](C)(C)C)=CC2)=C1.Cl.Cl. The molecule has 0 saturated heterocycles. The molecule has 2 aliphatic rings. The second-order valence-corrected chi connectivity index (χ2v) is 39.5. The summed E-state index contributed by atoms with van der Waals surface area (Å²) in [5, 5.41) is 8.67. The van der Waals surface area contributed by atoms with E-state index < -0.39 is 30.2 Å². The molecule has 0 amide bonds. The molecular formula is C18H36Cl2Si3Ti. The topological polar surface area (TPSA) is 0 Å². The first-order valence-electron chi connectivity index (χ1n) is 8.61. The van der Waals surface area contributed by atoms with Gasteiger partial charge in [-0.1, -0.05) is 0 Å². The maximum absolute atomic E-state index is 2.65. The van der Waals surface area contributed by atoms with Gasteiger partial charge in [-0.15, -0.1) is 24.8 Å². The van der Waals surface area contributed by atoms with Crippen LogP contribution >= 0.6 is 24.8 Å². The van der Waals surface area contributed by atoms with Gasteiger partial charge in [-0.05, 0) is 0 Å². The van der Waals surface area contributed by atoms with E-state index in [0.29, 0.717) is 0 Å². The summed E-state index contributed by atoms with van der Waals surface area (Å²) in [5.74, 6) is 0. The van der Waals surface area contributed by atoms with Crippen molar-refractivity contribution < 1.29 is 14.0 Å². The molecule has 0 fully saturated rings. The van der Waals surface area contributed by atoms with Crippen molar-refractivity contribution in [1.82, 2.24) is 0 Å². The number of hydrogen-bond acceptors (Lipinski definition) is 0. The third-order valence-corrected chi connectivity index (χ3v) is 21.0. The van der Waals surface area contributed by atoms with Gasteiger partial charge in [0.25, 0.3) is 0 Å². The van der Waals surface area contributed by atoms with Crippen LogP contribution in [0.25, 0.3) is 0 Å². The van der Waals surface area contributed by atoms with Gasteiger partial charge >= 0.3 is 143 Å². The minimum atomic E-state index is -2.65. The van der Waals surface area contributed by atoms with Gasteiger partial charge in [0.15, 0.2) is 0 Å². The summed E-state index contributed by atoms with van der Waals surface area (Å²) in [7, 11) is 0.0466. The second-order valence-electron chi connectivity index (χ2n) is 10.3. The first-order chi connectivity index (χ1) is 9.70. The molecule has 0 heterocycles. The number of allylic oxidation sites excluding steroid dienone is 8. The average Bonchev–Trinajstić information content (AvgIpc) is 2.97. The third kappa shape index (κ3) is 5.00. The molecule has 0 aromatic heterocycles. The standard InChI is InChI=1S/2C8H13Si.2CH3.2ClH.H2Si.Ti/c2*1-9(2,3)8-6-4-5-7-8;;;;;;/h2*6-7H,4H2,1-3H3;2*1H3;2*1H;1H2;. The molecule has 0 N–H and O–H groups in total. The van der Waals surface area contributed by atoms with E-state index in [1.807, 2.05) is 7.76 Å². The number of halogens is 2. The van der Waals surface area contributed by atoms with E-state index in [-0.39, 0.29) is 24.8 Å². The van der Waals surface area contributed by atoms with Crippen LogP contribution in [0.3, 0.4) is 0 Å². The van der Waals surface area contributed by atoms with Crippen LogP contribution in [-0.2, 0) is 14.0 Å². The number of rotatable bonds is 4. The maximum atomic E-state index is 2.65. The Bertz CT molecular complexity index is 639. The molecule has 2 aliphatic carbocycles. The summed E-state index contributed by atoms with van der Waals surface area (Å²) in [5.41, 5.74) is 0.